The summed E-state index contributed by atoms with van der Waals surface area (Å²) < 4.78 is 0. The highest BCUT2D eigenvalue weighted by molar-refractivity contribution is 7.99. The van der Waals surface area contributed by atoms with E-state index in [-0.39, 0.29) is 11.3 Å². The van der Waals surface area contributed by atoms with Crippen LogP contribution in [0, 0.1) is 0 Å². The van der Waals surface area contributed by atoms with Gasteiger partial charge in [0, 0.05) is 15.5 Å². The van der Waals surface area contributed by atoms with Gasteiger partial charge in [0.05, 0.1) is 5.56 Å². The van der Waals surface area contributed by atoms with Crippen LogP contribution in [0.1, 0.15) is 10.4 Å². The number of carboxylic acids is 1. The molecule has 0 fully saturated rings. The molecule has 3 N–H and O–H groups in total. The molecule has 4 heteroatoms. The fourth-order valence-electron chi connectivity index (χ4n) is 1.41. The number of carboxylic acid groups (broad SMARTS) is 1. The number of benzene rings is 2. The number of anilines is 1. The van der Waals surface area contributed by atoms with E-state index in [0.717, 1.165) is 9.79 Å². The molecular formula is C13H11NO2S. The lowest BCUT2D eigenvalue weighted by Gasteiger charge is -2.05. The van der Waals surface area contributed by atoms with E-state index < -0.39 is 5.97 Å². The second kappa shape index (κ2) is 4.93. The van der Waals surface area contributed by atoms with Crippen LogP contribution < -0.4 is 5.73 Å². The molecule has 0 aliphatic heterocycles. The third-order valence-electron chi connectivity index (χ3n) is 2.23. The van der Waals surface area contributed by atoms with Crippen molar-refractivity contribution in [2.45, 2.75) is 9.79 Å². The van der Waals surface area contributed by atoms with Gasteiger partial charge in [0.1, 0.15) is 0 Å². The largest absolute Gasteiger partial charge is 0.478 e. The highest BCUT2D eigenvalue weighted by atomic mass is 32.2. The summed E-state index contributed by atoms with van der Waals surface area (Å²) in [6.07, 6.45) is 0. The predicted molar refractivity (Wildman–Crippen MR) is 68.4 cm³/mol. The molecule has 0 saturated heterocycles. The van der Waals surface area contributed by atoms with Crippen molar-refractivity contribution in [3.05, 3.63) is 54.1 Å². The van der Waals surface area contributed by atoms with Crippen LogP contribution in [0.4, 0.5) is 5.69 Å². The van der Waals surface area contributed by atoms with Gasteiger partial charge in [-0.25, -0.2) is 4.79 Å². The molecule has 2 aromatic rings. The summed E-state index contributed by atoms with van der Waals surface area (Å²) in [5.41, 5.74) is 6.03. The van der Waals surface area contributed by atoms with Crippen LogP contribution in [0.15, 0.2) is 58.3 Å². The van der Waals surface area contributed by atoms with Crippen LogP contribution in [-0.2, 0) is 0 Å². The number of hydrogen-bond donors (Lipinski definition) is 2. The van der Waals surface area contributed by atoms with Gasteiger partial charge in [-0.3, -0.25) is 0 Å². The number of nitrogens with two attached hydrogens (primary N) is 1. The van der Waals surface area contributed by atoms with Crippen LogP contribution in [0.25, 0.3) is 0 Å². The number of carbonyl (C=O) groups is 1. The van der Waals surface area contributed by atoms with Crippen molar-refractivity contribution in [3.63, 3.8) is 0 Å². The molecule has 0 unspecified atom stereocenters. The lowest BCUT2D eigenvalue weighted by Crippen LogP contribution is -2.01. The van der Waals surface area contributed by atoms with Crippen LogP contribution >= 0.6 is 11.8 Å². The zero-order valence-corrected chi connectivity index (χ0v) is 9.78. The molecular weight excluding hydrogens is 234 g/mol. The summed E-state index contributed by atoms with van der Waals surface area (Å²) in [5, 5.41) is 8.97. The summed E-state index contributed by atoms with van der Waals surface area (Å²) in [6.45, 7) is 0. The molecule has 0 heterocycles. The van der Waals surface area contributed by atoms with E-state index >= 15 is 0 Å². The Balaban J connectivity index is 2.29. The van der Waals surface area contributed by atoms with Gasteiger partial charge in [-0.1, -0.05) is 30.0 Å². The van der Waals surface area contributed by atoms with Gasteiger partial charge >= 0.3 is 5.97 Å². The first-order valence-corrected chi connectivity index (χ1v) is 5.84. The van der Waals surface area contributed by atoms with E-state index in [2.05, 4.69) is 0 Å². The van der Waals surface area contributed by atoms with E-state index in [1.807, 2.05) is 36.4 Å². The molecule has 0 aliphatic carbocycles. The Morgan fingerprint density at radius 3 is 2.41 bits per heavy atom. The highest BCUT2D eigenvalue weighted by Gasteiger charge is 2.09. The molecule has 0 bridgehead atoms. The van der Waals surface area contributed by atoms with E-state index in [1.165, 1.54) is 11.8 Å². The lowest BCUT2D eigenvalue weighted by atomic mass is 10.2. The second-order valence-corrected chi connectivity index (χ2v) is 4.62. The average Bonchev–Trinajstić information content (AvgIpc) is 2.32. The smallest absolute Gasteiger partial charge is 0.337 e. The molecule has 0 saturated carbocycles. The average molecular weight is 245 g/mol. The van der Waals surface area contributed by atoms with Gasteiger partial charge in [0.2, 0.25) is 0 Å². The molecule has 17 heavy (non-hydrogen) atoms. The van der Waals surface area contributed by atoms with Gasteiger partial charge in [-0.2, -0.15) is 0 Å². The topological polar surface area (TPSA) is 63.3 Å². The normalized spacial score (nSPS) is 10.1. The third-order valence-corrected chi connectivity index (χ3v) is 3.23. The SMILES string of the molecule is Nc1ccc(Sc2ccccc2)cc1C(=O)O. The molecule has 2 aromatic carbocycles. The predicted octanol–water partition coefficient (Wildman–Crippen LogP) is 3.12. The quantitative estimate of drug-likeness (QED) is 0.815. The van der Waals surface area contributed by atoms with Crippen molar-refractivity contribution < 1.29 is 9.90 Å². The fraction of sp³-hybridized carbons (Fsp3) is 0. The van der Waals surface area contributed by atoms with Crippen LogP contribution in [0.5, 0.6) is 0 Å². The van der Waals surface area contributed by atoms with Crippen molar-refractivity contribution >= 4 is 23.4 Å². The Hall–Kier alpha value is -1.94. The van der Waals surface area contributed by atoms with Crippen LogP contribution in [0.2, 0.25) is 0 Å². The maximum absolute atomic E-state index is 10.9. The van der Waals surface area contributed by atoms with Gasteiger partial charge in [-0.05, 0) is 30.3 Å². The summed E-state index contributed by atoms with van der Waals surface area (Å²) in [5.74, 6) is -1.00. The maximum Gasteiger partial charge on any atom is 0.337 e. The van der Waals surface area contributed by atoms with Crippen molar-refractivity contribution in [1.29, 1.82) is 0 Å². The van der Waals surface area contributed by atoms with Crippen LogP contribution in [-0.4, -0.2) is 11.1 Å². The molecule has 0 radical (unpaired) electrons. The van der Waals surface area contributed by atoms with E-state index in [4.69, 9.17) is 10.8 Å². The van der Waals surface area contributed by atoms with Gasteiger partial charge in [0.25, 0.3) is 0 Å². The Labute approximate surface area is 103 Å². The Kier molecular flexibility index (Phi) is 3.35. The van der Waals surface area contributed by atoms with E-state index in [9.17, 15) is 4.79 Å². The molecule has 0 aliphatic rings. The Bertz CT molecular complexity index is 540. The summed E-state index contributed by atoms with van der Waals surface area (Å²) in [6, 6.07) is 14.8. The van der Waals surface area contributed by atoms with E-state index in [0.29, 0.717) is 0 Å². The molecule has 0 atom stereocenters. The summed E-state index contributed by atoms with van der Waals surface area (Å²) >= 11 is 1.51. The summed E-state index contributed by atoms with van der Waals surface area (Å²) in [7, 11) is 0. The fourth-order valence-corrected chi connectivity index (χ4v) is 2.29. The molecule has 0 aromatic heterocycles. The van der Waals surface area contributed by atoms with Crippen molar-refractivity contribution in [3.8, 4) is 0 Å². The molecule has 0 amide bonds. The third kappa shape index (κ3) is 2.79. The minimum absolute atomic E-state index is 0.144. The monoisotopic (exact) mass is 245 g/mol. The van der Waals surface area contributed by atoms with Crippen molar-refractivity contribution in [2.75, 3.05) is 5.73 Å². The van der Waals surface area contributed by atoms with Gasteiger partial charge in [-0.15, -0.1) is 0 Å². The maximum atomic E-state index is 10.9. The molecule has 0 spiro atoms. The van der Waals surface area contributed by atoms with E-state index in [1.54, 1.807) is 12.1 Å². The Morgan fingerprint density at radius 2 is 1.76 bits per heavy atom. The second-order valence-electron chi connectivity index (χ2n) is 3.47. The lowest BCUT2D eigenvalue weighted by molar-refractivity contribution is 0.0698. The minimum atomic E-state index is -1.00. The first-order chi connectivity index (χ1) is 8.16. The molecule has 3 nitrogen and oxygen atoms in total. The first-order valence-electron chi connectivity index (χ1n) is 5.02. The van der Waals surface area contributed by atoms with Crippen LogP contribution in [0.3, 0.4) is 0 Å². The van der Waals surface area contributed by atoms with Crippen molar-refractivity contribution in [2.24, 2.45) is 0 Å². The van der Waals surface area contributed by atoms with Gasteiger partial charge in [0.15, 0.2) is 0 Å². The summed E-state index contributed by atoms with van der Waals surface area (Å²) in [4.78, 5) is 12.9. The Morgan fingerprint density at radius 1 is 1.06 bits per heavy atom. The zero-order chi connectivity index (χ0) is 12.3. The zero-order valence-electron chi connectivity index (χ0n) is 8.96. The number of aromatic carboxylic acids is 1. The standard InChI is InChI=1S/C13H11NO2S/c14-12-7-6-10(8-11(12)13(15)16)17-9-4-2-1-3-5-9/h1-8H,14H2,(H,15,16). The minimum Gasteiger partial charge on any atom is -0.478 e. The van der Waals surface area contributed by atoms with Gasteiger partial charge < -0.3 is 10.8 Å². The number of nitrogen functional groups attached to an aromatic ring is 1. The highest BCUT2D eigenvalue weighted by Crippen LogP contribution is 2.29. The molecule has 2 rings (SSSR count). The molecule has 86 valence electrons. The number of rotatable bonds is 3. The first kappa shape index (κ1) is 11.5. The van der Waals surface area contributed by atoms with Crippen molar-refractivity contribution in [1.82, 2.24) is 0 Å². The number of hydrogen-bond acceptors (Lipinski definition) is 3.